The summed E-state index contributed by atoms with van der Waals surface area (Å²) < 4.78 is 0. The van der Waals surface area contributed by atoms with Gasteiger partial charge in [0.05, 0.1) is 10.7 Å². The van der Waals surface area contributed by atoms with Gasteiger partial charge in [0.2, 0.25) is 0 Å². The molecule has 0 spiro atoms. The van der Waals surface area contributed by atoms with Gasteiger partial charge >= 0.3 is 0 Å². The zero-order chi connectivity index (χ0) is 14.0. The number of nitrogens with one attached hydrogen (secondary N) is 1. The third-order valence-electron chi connectivity index (χ3n) is 2.54. The van der Waals surface area contributed by atoms with Crippen LogP contribution in [-0.4, -0.2) is 5.91 Å². The number of aryl methyl sites for hydroxylation is 1. The molecule has 0 radical (unpaired) electrons. The summed E-state index contributed by atoms with van der Waals surface area (Å²) in [6, 6.07) is 10.0. The molecule has 0 heterocycles. The molecule has 0 aromatic heterocycles. The van der Waals surface area contributed by atoms with Crippen molar-refractivity contribution in [2.45, 2.75) is 6.92 Å². The van der Waals surface area contributed by atoms with Gasteiger partial charge in [0.25, 0.3) is 5.91 Å². The second kappa shape index (κ2) is 5.51. The summed E-state index contributed by atoms with van der Waals surface area (Å²) in [5.41, 5.74) is 8.13. The molecule has 0 bridgehead atoms. The Labute approximate surface area is 121 Å². The lowest BCUT2D eigenvalue weighted by molar-refractivity contribution is 0.102. The molecule has 0 atom stereocenters. The zero-order valence-electron chi connectivity index (χ0n) is 10.2. The SMILES string of the molecule is Cc1cc(N)cc(C(=O)Nc2cc(Cl)ccc2Cl)c1. The smallest absolute Gasteiger partial charge is 0.255 e. The lowest BCUT2D eigenvalue weighted by Gasteiger charge is -2.09. The van der Waals surface area contributed by atoms with E-state index in [1.165, 1.54) is 0 Å². The molecule has 0 saturated carbocycles. The molecule has 5 heteroatoms. The topological polar surface area (TPSA) is 55.1 Å². The monoisotopic (exact) mass is 294 g/mol. The van der Waals surface area contributed by atoms with Crippen LogP contribution in [0.3, 0.4) is 0 Å². The molecule has 0 aliphatic carbocycles. The number of hydrogen-bond acceptors (Lipinski definition) is 2. The fourth-order valence-electron chi connectivity index (χ4n) is 1.73. The van der Waals surface area contributed by atoms with E-state index < -0.39 is 0 Å². The number of hydrogen-bond donors (Lipinski definition) is 2. The first-order valence-corrected chi connectivity index (χ1v) is 6.35. The Balaban J connectivity index is 2.28. The number of rotatable bonds is 2. The van der Waals surface area contributed by atoms with Gasteiger partial charge in [-0.05, 0) is 48.9 Å². The van der Waals surface area contributed by atoms with Gasteiger partial charge in [0.15, 0.2) is 0 Å². The van der Waals surface area contributed by atoms with Gasteiger partial charge in [-0.1, -0.05) is 23.2 Å². The van der Waals surface area contributed by atoms with Crippen LogP contribution in [0.25, 0.3) is 0 Å². The van der Waals surface area contributed by atoms with Crippen LogP contribution in [0.1, 0.15) is 15.9 Å². The minimum atomic E-state index is -0.278. The van der Waals surface area contributed by atoms with Crippen molar-refractivity contribution in [3.63, 3.8) is 0 Å². The van der Waals surface area contributed by atoms with Crippen LogP contribution in [0.15, 0.2) is 36.4 Å². The molecule has 2 aromatic carbocycles. The second-order valence-corrected chi connectivity index (χ2v) is 5.05. The number of nitrogen functional groups attached to an aromatic ring is 1. The van der Waals surface area contributed by atoms with E-state index in [9.17, 15) is 4.79 Å². The van der Waals surface area contributed by atoms with Crippen molar-refractivity contribution in [2.24, 2.45) is 0 Å². The maximum absolute atomic E-state index is 12.1. The van der Waals surface area contributed by atoms with Gasteiger partial charge < -0.3 is 11.1 Å². The number of anilines is 2. The summed E-state index contributed by atoms with van der Waals surface area (Å²) in [5.74, 6) is -0.278. The Hall–Kier alpha value is -1.71. The number of carbonyl (C=O) groups is 1. The van der Waals surface area contributed by atoms with Crippen LogP contribution in [0.4, 0.5) is 11.4 Å². The Morgan fingerprint density at radius 2 is 1.89 bits per heavy atom. The minimum Gasteiger partial charge on any atom is -0.399 e. The van der Waals surface area contributed by atoms with Crippen LogP contribution in [0.5, 0.6) is 0 Å². The molecule has 0 saturated heterocycles. The zero-order valence-corrected chi connectivity index (χ0v) is 11.7. The van der Waals surface area contributed by atoms with E-state index in [2.05, 4.69) is 5.32 Å². The van der Waals surface area contributed by atoms with Gasteiger partial charge in [-0.25, -0.2) is 0 Å². The minimum absolute atomic E-state index is 0.278. The van der Waals surface area contributed by atoms with Crippen molar-refractivity contribution in [3.05, 3.63) is 57.6 Å². The first kappa shape index (κ1) is 13.7. The summed E-state index contributed by atoms with van der Waals surface area (Å²) in [6.45, 7) is 1.87. The molecule has 3 N–H and O–H groups in total. The van der Waals surface area contributed by atoms with Gasteiger partial charge in [0.1, 0.15) is 0 Å². The predicted molar refractivity (Wildman–Crippen MR) is 80.0 cm³/mol. The highest BCUT2D eigenvalue weighted by Crippen LogP contribution is 2.26. The van der Waals surface area contributed by atoms with Crippen molar-refractivity contribution in [1.82, 2.24) is 0 Å². The molecular weight excluding hydrogens is 283 g/mol. The van der Waals surface area contributed by atoms with Crippen LogP contribution in [0.2, 0.25) is 10.0 Å². The van der Waals surface area contributed by atoms with Crippen molar-refractivity contribution >= 4 is 40.5 Å². The lowest BCUT2D eigenvalue weighted by atomic mass is 10.1. The Bertz CT molecular complexity index is 621. The van der Waals surface area contributed by atoms with E-state index in [-0.39, 0.29) is 5.91 Å². The second-order valence-electron chi connectivity index (χ2n) is 4.21. The first-order valence-electron chi connectivity index (χ1n) is 5.59. The number of amides is 1. The average molecular weight is 295 g/mol. The molecule has 2 rings (SSSR count). The number of halogens is 2. The Morgan fingerprint density at radius 3 is 2.58 bits per heavy atom. The summed E-state index contributed by atoms with van der Waals surface area (Å²) in [6.07, 6.45) is 0. The van der Waals surface area contributed by atoms with Crippen LogP contribution >= 0.6 is 23.2 Å². The predicted octanol–water partition coefficient (Wildman–Crippen LogP) is 4.14. The van der Waals surface area contributed by atoms with Gasteiger partial charge in [-0.3, -0.25) is 4.79 Å². The average Bonchev–Trinajstić information content (AvgIpc) is 2.32. The number of carbonyl (C=O) groups excluding carboxylic acids is 1. The van der Waals surface area contributed by atoms with E-state index in [4.69, 9.17) is 28.9 Å². The molecule has 2 aromatic rings. The third kappa shape index (κ3) is 3.40. The maximum atomic E-state index is 12.1. The molecule has 19 heavy (non-hydrogen) atoms. The molecule has 1 amide bonds. The highest BCUT2D eigenvalue weighted by molar-refractivity contribution is 6.35. The fourth-order valence-corrected chi connectivity index (χ4v) is 2.07. The van der Waals surface area contributed by atoms with E-state index >= 15 is 0 Å². The van der Waals surface area contributed by atoms with E-state index in [1.54, 1.807) is 36.4 Å². The Morgan fingerprint density at radius 1 is 1.16 bits per heavy atom. The first-order chi connectivity index (χ1) is 8.95. The highest BCUT2D eigenvalue weighted by Gasteiger charge is 2.10. The maximum Gasteiger partial charge on any atom is 0.255 e. The fraction of sp³-hybridized carbons (Fsp3) is 0.0714. The summed E-state index contributed by atoms with van der Waals surface area (Å²) in [5, 5.41) is 3.64. The Kier molecular flexibility index (Phi) is 3.98. The molecule has 0 aliphatic rings. The van der Waals surface area contributed by atoms with Gasteiger partial charge in [0, 0.05) is 16.3 Å². The number of nitrogens with two attached hydrogens (primary N) is 1. The molecule has 98 valence electrons. The van der Waals surface area contributed by atoms with Gasteiger partial charge in [-0.15, -0.1) is 0 Å². The van der Waals surface area contributed by atoms with Crippen LogP contribution in [-0.2, 0) is 0 Å². The van der Waals surface area contributed by atoms with Crippen LogP contribution < -0.4 is 11.1 Å². The van der Waals surface area contributed by atoms with Crippen molar-refractivity contribution < 1.29 is 4.79 Å². The van der Waals surface area contributed by atoms with Crippen molar-refractivity contribution in [3.8, 4) is 0 Å². The summed E-state index contributed by atoms with van der Waals surface area (Å²) in [7, 11) is 0. The standard InChI is InChI=1S/C14H12Cl2N2O/c1-8-4-9(6-11(17)5-8)14(19)18-13-7-10(15)2-3-12(13)16/h2-7H,17H2,1H3,(H,18,19). The number of benzene rings is 2. The molecule has 0 aliphatic heterocycles. The van der Waals surface area contributed by atoms with Crippen molar-refractivity contribution in [2.75, 3.05) is 11.1 Å². The quantitative estimate of drug-likeness (QED) is 0.818. The molecule has 3 nitrogen and oxygen atoms in total. The van der Waals surface area contributed by atoms with Gasteiger partial charge in [-0.2, -0.15) is 0 Å². The summed E-state index contributed by atoms with van der Waals surface area (Å²) >= 11 is 11.9. The molecular formula is C14H12Cl2N2O. The largest absolute Gasteiger partial charge is 0.399 e. The normalized spacial score (nSPS) is 10.3. The van der Waals surface area contributed by atoms with E-state index in [0.717, 1.165) is 5.56 Å². The third-order valence-corrected chi connectivity index (χ3v) is 3.10. The summed E-state index contributed by atoms with van der Waals surface area (Å²) in [4.78, 5) is 12.1. The van der Waals surface area contributed by atoms with E-state index in [0.29, 0.717) is 27.0 Å². The van der Waals surface area contributed by atoms with Crippen molar-refractivity contribution in [1.29, 1.82) is 0 Å². The lowest BCUT2D eigenvalue weighted by Crippen LogP contribution is -2.12. The highest BCUT2D eigenvalue weighted by atomic mass is 35.5. The molecule has 0 fully saturated rings. The molecule has 0 unspecified atom stereocenters. The van der Waals surface area contributed by atoms with Crippen LogP contribution in [0, 0.1) is 6.92 Å². The van der Waals surface area contributed by atoms with E-state index in [1.807, 2.05) is 6.92 Å².